The van der Waals surface area contributed by atoms with E-state index in [0.717, 1.165) is 31.2 Å². The maximum Gasteiger partial charge on any atom is 0.123 e. The normalized spacial score (nSPS) is 20.3. The molecule has 2 unspecified atom stereocenters. The molecule has 0 saturated carbocycles. The molecule has 1 aromatic rings. The molecule has 0 saturated heterocycles. The van der Waals surface area contributed by atoms with Crippen molar-refractivity contribution in [1.82, 2.24) is 0 Å². The Balaban J connectivity index is 2.51. The minimum Gasteiger partial charge on any atom is -0.507 e. The predicted molar refractivity (Wildman–Crippen MR) is 122 cm³/mol. The highest BCUT2D eigenvalue weighted by Crippen LogP contribution is 2.50. The molecule has 0 fully saturated rings. The summed E-state index contributed by atoms with van der Waals surface area (Å²) in [5.41, 5.74) is 1.86. The van der Waals surface area contributed by atoms with Crippen LogP contribution in [0, 0.1) is 5.92 Å². The summed E-state index contributed by atoms with van der Waals surface area (Å²) in [6.45, 7) is 6.06. The van der Waals surface area contributed by atoms with Crippen LogP contribution < -0.4 is 0 Å². The van der Waals surface area contributed by atoms with Crippen LogP contribution in [0.3, 0.4) is 0 Å². The molecular formula is C21H25B5O3. The molecule has 29 heavy (non-hydrogen) atoms. The first kappa shape index (κ1) is 23.9. The van der Waals surface area contributed by atoms with Crippen molar-refractivity contribution in [2.45, 2.75) is 61.9 Å². The van der Waals surface area contributed by atoms with Crippen molar-refractivity contribution in [2.24, 2.45) is 5.92 Å². The molecule has 1 aromatic carbocycles. The number of rotatable bonds is 8. The van der Waals surface area contributed by atoms with Crippen molar-refractivity contribution >= 4 is 39.2 Å². The highest BCUT2D eigenvalue weighted by Gasteiger charge is 2.36. The van der Waals surface area contributed by atoms with Crippen LogP contribution in [0.15, 0.2) is 35.9 Å². The van der Waals surface area contributed by atoms with Gasteiger partial charge >= 0.3 is 0 Å². The quantitative estimate of drug-likeness (QED) is 0.369. The lowest BCUT2D eigenvalue weighted by Gasteiger charge is -2.40. The van der Waals surface area contributed by atoms with Crippen LogP contribution in [0.25, 0.3) is 0 Å². The number of hydrogen-bond acceptors (Lipinski definition) is 3. The van der Waals surface area contributed by atoms with E-state index in [-0.39, 0.29) is 23.0 Å². The van der Waals surface area contributed by atoms with Crippen molar-refractivity contribution < 1.29 is 15.3 Å². The largest absolute Gasteiger partial charge is 0.507 e. The molecule has 0 heterocycles. The molecule has 3 N–H and O–H groups in total. The second-order valence-corrected chi connectivity index (χ2v) is 8.15. The number of aliphatic hydroxyl groups is 1. The van der Waals surface area contributed by atoms with Gasteiger partial charge in [0.05, 0.1) is 23.5 Å². The number of hydrogen-bond donors (Lipinski definition) is 3. The van der Waals surface area contributed by atoms with Crippen LogP contribution >= 0.6 is 0 Å². The molecule has 2 atom stereocenters. The van der Waals surface area contributed by atoms with Gasteiger partial charge in [-0.1, -0.05) is 37.0 Å². The Labute approximate surface area is 181 Å². The first-order valence-corrected chi connectivity index (χ1v) is 9.98. The summed E-state index contributed by atoms with van der Waals surface area (Å²) in [6, 6.07) is 3.29. The number of aromatic hydroxyl groups is 2. The third-order valence-electron chi connectivity index (χ3n) is 5.66. The van der Waals surface area contributed by atoms with E-state index in [1.54, 1.807) is 18.2 Å². The fraction of sp³-hybridized carbons (Fsp3) is 0.524. The number of unbranched alkanes of at least 4 members (excludes halogenated alkanes) is 2. The number of benzene rings is 1. The zero-order chi connectivity index (χ0) is 22.0. The van der Waals surface area contributed by atoms with Crippen LogP contribution in [0.2, 0.25) is 5.11 Å². The van der Waals surface area contributed by atoms with Gasteiger partial charge in [0.2, 0.25) is 0 Å². The van der Waals surface area contributed by atoms with E-state index < -0.39 is 16.4 Å². The summed E-state index contributed by atoms with van der Waals surface area (Å²) >= 11 is 0. The van der Waals surface area contributed by atoms with Crippen LogP contribution in [-0.2, 0) is 6.42 Å². The monoisotopic (exact) mass is 380 g/mol. The SMILES string of the molecule is [B]C([B])([B])C(=C)C1CCC(C([B])([B])O)=CC1c1c(O)cc(CCCCC)cc1O. The Kier molecular flexibility index (Phi) is 7.54. The molecule has 1 aliphatic carbocycles. The van der Waals surface area contributed by atoms with Gasteiger partial charge in [0.1, 0.15) is 27.2 Å². The fourth-order valence-electron chi connectivity index (χ4n) is 3.98. The first-order valence-electron chi connectivity index (χ1n) is 9.98. The van der Waals surface area contributed by atoms with Gasteiger partial charge in [0.25, 0.3) is 0 Å². The second kappa shape index (κ2) is 9.16. The van der Waals surface area contributed by atoms with Gasteiger partial charge in [-0.15, -0.1) is 11.7 Å². The summed E-state index contributed by atoms with van der Waals surface area (Å²) in [5.74, 6) is -1.12. The topological polar surface area (TPSA) is 60.7 Å². The molecule has 0 aromatic heterocycles. The highest BCUT2D eigenvalue weighted by atomic mass is 16.3. The number of phenolic OH excluding ortho intramolecular Hbond substituents is 2. The first-order chi connectivity index (χ1) is 13.4. The van der Waals surface area contributed by atoms with E-state index in [4.69, 9.17) is 39.2 Å². The van der Waals surface area contributed by atoms with Crippen LogP contribution in [-0.4, -0.2) is 60.0 Å². The molecule has 0 spiro atoms. The van der Waals surface area contributed by atoms with Gasteiger partial charge in [-0.05, 0) is 49.3 Å². The van der Waals surface area contributed by atoms with E-state index in [2.05, 4.69) is 13.5 Å². The second-order valence-electron chi connectivity index (χ2n) is 8.15. The highest BCUT2D eigenvalue weighted by molar-refractivity contribution is 6.61. The molecule has 0 bridgehead atoms. The molecule has 10 radical (unpaired) electrons. The van der Waals surface area contributed by atoms with Gasteiger partial charge in [-0.3, -0.25) is 0 Å². The Morgan fingerprint density at radius 3 is 2.17 bits per heavy atom. The minimum absolute atomic E-state index is 0.0638. The molecule has 3 nitrogen and oxygen atoms in total. The Bertz CT molecular complexity index is 754. The average molecular weight is 379 g/mol. The van der Waals surface area contributed by atoms with E-state index in [0.29, 0.717) is 24.0 Å². The van der Waals surface area contributed by atoms with Crippen molar-refractivity contribution in [3.63, 3.8) is 0 Å². The predicted octanol–water partition coefficient (Wildman–Crippen LogP) is 2.37. The lowest BCUT2D eigenvalue weighted by atomic mass is 9.37. The van der Waals surface area contributed by atoms with Gasteiger partial charge in [-0.2, -0.15) is 0 Å². The van der Waals surface area contributed by atoms with Gasteiger partial charge in [0.15, 0.2) is 0 Å². The number of aryl methyl sites for hydroxylation is 1. The van der Waals surface area contributed by atoms with Crippen molar-refractivity contribution in [2.75, 3.05) is 0 Å². The standard InChI is InChI=1S/C21H25B5O3/c1-3-4-5-6-13-9-17(27)19(18(28)10-13)16-11-14(21(25,26)29)7-8-15(16)12(2)20(22,23)24/h9-11,15-16,27-29H,2-8H2,1H3. The average Bonchev–Trinajstić information content (AvgIpc) is 2.59. The molecule has 8 heteroatoms. The van der Waals surface area contributed by atoms with Crippen LogP contribution in [0.5, 0.6) is 11.5 Å². The van der Waals surface area contributed by atoms with Crippen LogP contribution in [0.4, 0.5) is 0 Å². The van der Waals surface area contributed by atoms with E-state index in [9.17, 15) is 15.3 Å². The van der Waals surface area contributed by atoms with E-state index in [1.807, 2.05) is 0 Å². The zero-order valence-electron chi connectivity index (χ0n) is 17.1. The smallest absolute Gasteiger partial charge is 0.123 e. The van der Waals surface area contributed by atoms with Gasteiger partial charge in [-0.25, -0.2) is 0 Å². The molecule has 142 valence electrons. The maximum atomic E-state index is 10.7. The van der Waals surface area contributed by atoms with E-state index >= 15 is 0 Å². The maximum absolute atomic E-state index is 10.7. The summed E-state index contributed by atoms with van der Waals surface area (Å²) < 4.78 is 0. The molecule has 1 aliphatic rings. The number of phenols is 2. The Morgan fingerprint density at radius 2 is 1.69 bits per heavy atom. The number of allylic oxidation sites excluding steroid dienone is 2. The summed E-state index contributed by atoms with van der Waals surface area (Å²) in [6.07, 6.45) is 6.31. The molecule has 2 rings (SSSR count). The van der Waals surface area contributed by atoms with Gasteiger partial charge < -0.3 is 15.3 Å². The third-order valence-corrected chi connectivity index (χ3v) is 5.66. The summed E-state index contributed by atoms with van der Waals surface area (Å²) in [4.78, 5) is 0. The van der Waals surface area contributed by atoms with Crippen molar-refractivity contribution in [3.8, 4) is 11.5 Å². The van der Waals surface area contributed by atoms with E-state index in [1.165, 1.54) is 0 Å². The summed E-state index contributed by atoms with van der Waals surface area (Å²) in [7, 11) is 28.9. The van der Waals surface area contributed by atoms with Crippen molar-refractivity contribution in [1.29, 1.82) is 0 Å². The fourth-order valence-corrected chi connectivity index (χ4v) is 3.98. The molecule has 0 amide bonds. The Hall–Kier alpha value is -1.42. The van der Waals surface area contributed by atoms with Gasteiger partial charge in [0, 0.05) is 16.9 Å². The minimum atomic E-state index is -2.01. The third kappa shape index (κ3) is 5.81. The Morgan fingerprint density at radius 1 is 1.10 bits per heavy atom. The van der Waals surface area contributed by atoms with Crippen LogP contribution in [0.1, 0.15) is 56.1 Å². The summed E-state index contributed by atoms with van der Waals surface area (Å²) in [5, 5.41) is 27.9. The molecule has 0 aliphatic heterocycles. The zero-order valence-corrected chi connectivity index (χ0v) is 17.1. The van der Waals surface area contributed by atoms with Crippen molar-refractivity contribution in [3.05, 3.63) is 47.1 Å². The molecular weight excluding hydrogens is 354 g/mol. The lowest BCUT2D eigenvalue weighted by Crippen LogP contribution is -2.36. The lowest BCUT2D eigenvalue weighted by molar-refractivity contribution is 0.237.